The molecule has 0 aliphatic heterocycles. The molecule has 7 heteroatoms. The lowest BCUT2D eigenvalue weighted by molar-refractivity contribution is -0.128. The first-order chi connectivity index (χ1) is 14.2. The van der Waals surface area contributed by atoms with E-state index in [1.807, 2.05) is 44.2 Å². The van der Waals surface area contributed by atoms with Crippen LogP contribution in [0, 0.1) is 0 Å². The van der Waals surface area contributed by atoms with Crippen LogP contribution in [-0.4, -0.2) is 49.3 Å². The second-order valence-electron chi connectivity index (χ2n) is 7.60. The highest BCUT2D eigenvalue weighted by Crippen LogP contribution is 2.13. The lowest BCUT2D eigenvalue weighted by Crippen LogP contribution is -2.30. The van der Waals surface area contributed by atoms with Gasteiger partial charge in [-0.1, -0.05) is 18.2 Å². The quantitative estimate of drug-likeness (QED) is 0.593. The van der Waals surface area contributed by atoms with Crippen LogP contribution in [0.5, 0.6) is 0 Å². The maximum absolute atomic E-state index is 12.2. The highest BCUT2D eigenvalue weighted by Gasteiger charge is 2.09. The van der Waals surface area contributed by atoms with Gasteiger partial charge >= 0.3 is 0 Å². The summed E-state index contributed by atoms with van der Waals surface area (Å²) in [6.45, 7) is 3.88. The number of nitrogens with zero attached hydrogens (tertiary/aromatic N) is 1. The number of amides is 3. The molecule has 2 rings (SSSR count). The Morgan fingerprint density at radius 3 is 2.30 bits per heavy atom. The van der Waals surface area contributed by atoms with Crippen molar-refractivity contribution in [2.75, 3.05) is 31.3 Å². The number of benzene rings is 2. The Bertz CT molecular complexity index is 876. The number of hydrogen-bond donors (Lipinski definition) is 3. The van der Waals surface area contributed by atoms with Gasteiger partial charge in [0.2, 0.25) is 11.8 Å². The number of hydrogen-bond acceptors (Lipinski definition) is 4. The third-order valence-corrected chi connectivity index (χ3v) is 4.36. The van der Waals surface area contributed by atoms with Crippen LogP contribution in [0.1, 0.15) is 36.2 Å². The Kier molecular flexibility index (Phi) is 8.41. The normalized spacial score (nSPS) is 10.4. The zero-order chi connectivity index (χ0) is 22.1. The zero-order valence-electron chi connectivity index (χ0n) is 18.0. The van der Waals surface area contributed by atoms with E-state index in [0.29, 0.717) is 29.8 Å². The smallest absolute Gasteiger partial charge is 0.251 e. The summed E-state index contributed by atoms with van der Waals surface area (Å²) in [5.41, 5.74) is 2.97. The van der Waals surface area contributed by atoms with Crippen molar-refractivity contribution in [2.45, 2.75) is 32.7 Å². The summed E-state index contributed by atoms with van der Waals surface area (Å²) in [5, 5.41) is 8.71. The lowest BCUT2D eigenvalue weighted by atomic mass is 10.1. The summed E-state index contributed by atoms with van der Waals surface area (Å²) in [5.74, 6) is -0.253. The molecule has 0 saturated heterocycles. The summed E-state index contributed by atoms with van der Waals surface area (Å²) >= 11 is 0. The summed E-state index contributed by atoms with van der Waals surface area (Å²) in [7, 11) is 3.48. The van der Waals surface area contributed by atoms with Crippen LogP contribution < -0.4 is 16.0 Å². The van der Waals surface area contributed by atoms with Crippen LogP contribution in [-0.2, 0) is 16.0 Å². The van der Waals surface area contributed by atoms with Gasteiger partial charge in [-0.25, -0.2) is 0 Å². The van der Waals surface area contributed by atoms with Gasteiger partial charge in [0.05, 0.1) is 6.54 Å². The lowest BCUT2D eigenvalue weighted by Gasteiger charge is -2.11. The van der Waals surface area contributed by atoms with Gasteiger partial charge in [0.1, 0.15) is 0 Å². The van der Waals surface area contributed by atoms with Crippen molar-refractivity contribution in [3.63, 3.8) is 0 Å². The molecule has 0 radical (unpaired) electrons. The van der Waals surface area contributed by atoms with Gasteiger partial charge in [0.15, 0.2) is 0 Å². The number of rotatable bonds is 9. The van der Waals surface area contributed by atoms with E-state index < -0.39 is 0 Å². The van der Waals surface area contributed by atoms with Crippen molar-refractivity contribution >= 4 is 29.1 Å². The van der Waals surface area contributed by atoms with Crippen molar-refractivity contribution < 1.29 is 14.4 Å². The molecule has 7 nitrogen and oxygen atoms in total. The molecule has 0 atom stereocenters. The van der Waals surface area contributed by atoms with E-state index in [1.54, 1.807) is 37.2 Å². The van der Waals surface area contributed by atoms with Crippen LogP contribution in [0.3, 0.4) is 0 Å². The molecule has 0 aliphatic rings. The topological polar surface area (TPSA) is 90.5 Å². The third kappa shape index (κ3) is 7.58. The minimum Gasteiger partial charge on any atom is -0.376 e. The molecule has 0 saturated carbocycles. The van der Waals surface area contributed by atoms with Gasteiger partial charge in [0, 0.05) is 43.5 Å². The van der Waals surface area contributed by atoms with Gasteiger partial charge in [0.25, 0.3) is 5.91 Å². The van der Waals surface area contributed by atoms with Crippen LogP contribution in [0.15, 0.2) is 48.5 Å². The molecule has 0 aromatic heterocycles. The molecule has 2 aromatic rings. The van der Waals surface area contributed by atoms with Crippen molar-refractivity contribution in [1.29, 1.82) is 0 Å². The summed E-state index contributed by atoms with van der Waals surface area (Å²) in [4.78, 5) is 37.6. The average Bonchev–Trinajstić information content (AvgIpc) is 2.71. The third-order valence-electron chi connectivity index (χ3n) is 4.36. The number of anilines is 2. The first kappa shape index (κ1) is 22.9. The largest absolute Gasteiger partial charge is 0.376 e. The van der Waals surface area contributed by atoms with E-state index in [9.17, 15) is 14.4 Å². The predicted molar refractivity (Wildman–Crippen MR) is 120 cm³/mol. The number of carbonyl (C=O) groups excluding carboxylic acids is 3. The number of nitrogens with one attached hydrogen (secondary N) is 3. The second-order valence-corrected chi connectivity index (χ2v) is 7.60. The highest BCUT2D eigenvalue weighted by atomic mass is 16.2. The van der Waals surface area contributed by atoms with E-state index in [1.165, 1.54) is 0 Å². The number of aryl methyl sites for hydroxylation is 1. The Hall–Kier alpha value is -3.35. The monoisotopic (exact) mass is 410 g/mol. The van der Waals surface area contributed by atoms with Gasteiger partial charge in [-0.2, -0.15) is 0 Å². The standard InChI is InChI=1S/C23H30N4O3/c1-16(2)25-23(30)18-6-5-7-20(14-18)24-15-21(28)26-19-11-8-17(9-12-19)10-13-22(29)27(3)4/h5-9,11-12,14,16,24H,10,13,15H2,1-4H3,(H,25,30)(H,26,28). The van der Waals surface area contributed by atoms with Crippen LogP contribution >= 0.6 is 0 Å². The molecule has 3 amide bonds. The minimum absolute atomic E-state index is 0.0553. The molecule has 0 bridgehead atoms. The fourth-order valence-corrected chi connectivity index (χ4v) is 2.73. The summed E-state index contributed by atoms with van der Waals surface area (Å²) in [6.07, 6.45) is 1.12. The fraction of sp³-hybridized carbons (Fsp3) is 0.348. The second kappa shape index (κ2) is 11.0. The van der Waals surface area contributed by atoms with E-state index in [2.05, 4.69) is 16.0 Å². The average molecular weight is 411 g/mol. The van der Waals surface area contributed by atoms with Crippen LogP contribution in [0.2, 0.25) is 0 Å². The Balaban J connectivity index is 1.83. The Morgan fingerprint density at radius 1 is 0.967 bits per heavy atom. The van der Waals surface area contributed by atoms with Crippen LogP contribution in [0.4, 0.5) is 11.4 Å². The predicted octanol–water partition coefficient (Wildman–Crippen LogP) is 2.90. The highest BCUT2D eigenvalue weighted by molar-refractivity contribution is 5.96. The van der Waals surface area contributed by atoms with E-state index >= 15 is 0 Å². The molecule has 30 heavy (non-hydrogen) atoms. The van der Waals surface area contributed by atoms with E-state index in [4.69, 9.17) is 0 Å². The molecule has 3 N–H and O–H groups in total. The maximum Gasteiger partial charge on any atom is 0.251 e. The molecule has 0 aliphatic carbocycles. The van der Waals surface area contributed by atoms with Crippen LogP contribution in [0.25, 0.3) is 0 Å². The Morgan fingerprint density at radius 2 is 1.67 bits per heavy atom. The molecular weight excluding hydrogens is 380 g/mol. The summed E-state index contributed by atoms with van der Waals surface area (Å²) in [6, 6.07) is 14.5. The van der Waals surface area contributed by atoms with Gasteiger partial charge < -0.3 is 20.9 Å². The Labute approximate surface area is 177 Å². The molecule has 0 unspecified atom stereocenters. The molecule has 2 aromatic carbocycles. The molecular formula is C23H30N4O3. The first-order valence-electron chi connectivity index (χ1n) is 9.98. The summed E-state index contributed by atoms with van der Waals surface area (Å²) < 4.78 is 0. The fourth-order valence-electron chi connectivity index (χ4n) is 2.73. The van der Waals surface area contributed by atoms with E-state index in [0.717, 1.165) is 5.56 Å². The van der Waals surface area contributed by atoms with Crippen molar-refractivity contribution in [2.24, 2.45) is 0 Å². The van der Waals surface area contributed by atoms with Gasteiger partial charge in [-0.15, -0.1) is 0 Å². The first-order valence-corrected chi connectivity index (χ1v) is 9.98. The SMILES string of the molecule is CC(C)NC(=O)c1cccc(NCC(=O)Nc2ccc(CCC(=O)N(C)C)cc2)c1. The maximum atomic E-state index is 12.2. The van der Waals surface area contributed by atoms with Gasteiger partial charge in [-0.3, -0.25) is 14.4 Å². The van der Waals surface area contributed by atoms with Crippen molar-refractivity contribution in [3.05, 3.63) is 59.7 Å². The molecule has 160 valence electrons. The molecule has 0 spiro atoms. The van der Waals surface area contributed by atoms with Crippen molar-refractivity contribution in [1.82, 2.24) is 10.2 Å². The molecule has 0 fully saturated rings. The van der Waals surface area contributed by atoms with E-state index in [-0.39, 0.29) is 30.3 Å². The number of carbonyl (C=O) groups is 3. The van der Waals surface area contributed by atoms with Gasteiger partial charge in [-0.05, 0) is 56.2 Å². The van der Waals surface area contributed by atoms with Crippen molar-refractivity contribution in [3.8, 4) is 0 Å². The molecule has 0 heterocycles. The zero-order valence-corrected chi connectivity index (χ0v) is 18.0. The minimum atomic E-state index is -0.192.